The minimum Gasteiger partial charge on any atom is -0.394 e. The van der Waals surface area contributed by atoms with Crippen molar-refractivity contribution in [3.8, 4) is 0 Å². The molecule has 6 N–H and O–H groups in total. The first-order valence-corrected chi connectivity index (χ1v) is 9.46. The van der Waals surface area contributed by atoms with E-state index in [0.717, 1.165) is 5.56 Å². The maximum atomic E-state index is 10.3. The van der Waals surface area contributed by atoms with Crippen LogP contribution in [0.1, 0.15) is 11.8 Å². The highest BCUT2D eigenvalue weighted by atomic mass is 35.5. The molecule has 0 amide bonds. The quantitative estimate of drug-likeness (QED) is 0.379. The van der Waals surface area contributed by atoms with Gasteiger partial charge in [-0.25, -0.2) is 4.98 Å². The molecule has 29 heavy (non-hydrogen) atoms. The van der Waals surface area contributed by atoms with Crippen LogP contribution < -0.4 is 11.1 Å². The van der Waals surface area contributed by atoms with Gasteiger partial charge >= 0.3 is 0 Å². The Kier molecular flexibility index (Phi) is 5.52. The Morgan fingerprint density at radius 2 is 2.07 bits per heavy atom. The number of hydrogen-bond acceptors (Lipinski definition) is 9. The molecular weight excluding hydrogens is 400 g/mol. The minimum atomic E-state index is -1.25. The van der Waals surface area contributed by atoms with Crippen LogP contribution in [0.15, 0.2) is 30.6 Å². The molecule has 1 fully saturated rings. The molecule has 4 atom stereocenters. The molecule has 0 saturated carbocycles. The number of anilines is 2. The molecule has 0 bridgehead atoms. The number of rotatable bonds is 6. The van der Waals surface area contributed by atoms with Crippen molar-refractivity contribution in [3.63, 3.8) is 0 Å². The molecule has 11 heteroatoms. The molecule has 1 aromatic carbocycles. The lowest BCUT2D eigenvalue weighted by Crippen LogP contribution is -2.33. The first kappa shape index (κ1) is 19.8. The van der Waals surface area contributed by atoms with Crippen LogP contribution in [0.25, 0.3) is 11.2 Å². The smallest absolute Gasteiger partial charge is 0.226 e. The number of imidazole rings is 1. The summed E-state index contributed by atoms with van der Waals surface area (Å²) in [6.07, 6.45) is -2.22. The van der Waals surface area contributed by atoms with E-state index in [1.165, 1.54) is 10.9 Å². The second kappa shape index (κ2) is 8.09. The third-order valence-electron chi connectivity index (χ3n) is 4.83. The Hall–Kier alpha value is -2.50. The molecule has 0 unspecified atom stereocenters. The summed E-state index contributed by atoms with van der Waals surface area (Å²) in [6.45, 7) is 0.127. The van der Waals surface area contributed by atoms with Gasteiger partial charge in [-0.05, 0) is 24.1 Å². The summed E-state index contributed by atoms with van der Waals surface area (Å²) in [5.74, 6) is 0.469. The van der Waals surface area contributed by atoms with Gasteiger partial charge in [0, 0.05) is 11.6 Å². The number of nitrogen functional groups attached to an aromatic ring is 1. The van der Waals surface area contributed by atoms with Crippen molar-refractivity contribution in [2.45, 2.75) is 31.0 Å². The largest absolute Gasteiger partial charge is 0.394 e. The van der Waals surface area contributed by atoms with Crippen molar-refractivity contribution in [1.82, 2.24) is 19.5 Å². The van der Waals surface area contributed by atoms with Crippen LogP contribution in [0.4, 0.5) is 11.8 Å². The number of nitrogens with zero attached hydrogens (tertiary/aromatic N) is 4. The maximum absolute atomic E-state index is 10.3. The summed E-state index contributed by atoms with van der Waals surface area (Å²) in [5.41, 5.74) is 7.77. The van der Waals surface area contributed by atoms with E-state index in [9.17, 15) is 15.3 Å². The lowest BCUT2D eigenvalue weighted by molar-refractivity contribution is -0.0511. The van der Waals surface area contributed by atoms with Gasteiger partial charge in [-0.3, -0.25) is 4.57 Å². The highest BCUT2D eigenvalue weighted by molar-refractivity contribution is 6.30. The fourth-order valence-corrected chi connectivity index (χ4v) is 3.54. The van der Waals surface area contributed by atoms with E-state index >= 15 is 0 Å². The third-order valence-corrected chi connectivity index (χ3v) is 5.06. The van der Waals surface area contributed by atoms with Gasteiger partial charge in [0.15, 0.2) is 17.7 Å². The van der Waals surface area contributed by atoms with E-state index in [0.29, 0.717) is 35.1 Å². The molecule has 0 aliphatic carbocycles. The molecule has 10 nitrogen and oxygen atoms in total. The molecule has 3 heterocycles. The fraction of sp³-hybridized carbons (Fsp3) is 0.389. The number of hydrogen-bond donors (Lipinski definition) is 5. The van der Waals surface area contributed by atoms with Gasteiger partial charge in [-0.2, -0.15) is 9.97 Å². The average molecular weight is 421 g/mol. The maximum Gasteiger partial charge on any atom is 0.226 e. The van der Waals surface area contributed by atoms with Crippen molar-refractivity contribution in [1.29, 1.82) is 0 Å². The summed E-state index contributed by atoms with van der Waals surface area (Å²) < 4.78 is 7.03. The van der Waals surface area contributed by atoms with E-state index < -0.39 is 31.1 Å². The number of aliphatic hydroxyl groups is 3. The second-order valence-corrected chi connectivity index (χ2v) is 7.23. The van der Waals surface area contributed by atoms with Crippen molar-refractivity contribution < 1.29 is 20.1 Å². The van der Waals surface area contributed by atoms with Gasteiger partial charge in [-0.1, -0.05) is 23.7 Å². The first-order chi connectivity index (χ1) is 14.0. The van der Waals surface area contributed by atoms with Crippen molar-refractivity contribution in [3.05, 3.63) is 41.2 Å². The van der Waals surface area contributed by atoms with E-state index in [1.54, 1.807) is 0 Å². The van der Waals surface area contributed by atoms with Gasteiger partial charge in [0.25, 0.3) is 0 Å². The van der Waals surface area contributed by atoms with Gasteiger partial charge in [0.05, 0.1) is 12.9 Å². The molecule has 3 aromatic rings. The Morgan fingerprint density at radius 1 is 1.24 bits per heavy atom. The highest BCUT2D eigenvalue weighted by Crippen LogP contribution is 2.32. The summed E-state index contributed by atoms with van der Waals surface area (Å²) in [4.78, 5) is 12.8. The zero-order valence-electron chi connectivity index (χ0n) is 15.3. The molecule has 1 saturated heterocycles. The Balaban J connectivity index is 1.55. The van der Waals surface area contributed by atoms with Crippen molar-refractivity contribution in [2.24, 2.45) is 0 Å². The summed E-state index contributed by atoms with van der Waals surface area (Å²) in [7, 11) is 0. The number of fused-ring (bicyclic) bond motifs is 1. The summed E-state index contributed by atoms with van der Waals surface area (Å²) in [6, 6.07) is 7.56. The number of aromatic nitrogens is 4. The van der Waals surface area contributed by atoms with Crippen LogP contribution in [0, 0.1) is 0 Å². The predicted molar refractivity (Wildman–Crippen MR) is 106 cm³/mol. The summed E-state index contributed by atoms with van der Waals surface area (Å²) >= 11 is 6.00. The number of nitrogens with two attached hydrogens (primary N) is 1. The van der Waals surface area contributed by atoms with Crippen molar-refractivity contribution >= 4 is 34.5 Å². The number of nitrogens with one attached hydrogen (secondary N) is 1. The van der Waals surface area contributed by atoms with E-state index in [1.807, 2.05) is 24.3 Å². The van der Waals surface area contributed by atoms with Crippen LogP contribution in [0.3, 0.4) is 0 Å². The Bertz CT molecular complexity index is 1020. The van der Waals surface area contributed by atoms with E-state index in [2.05, 4.69) is 20.3 Å². The number of ether oxygens (including phenoxy) is 1. The molecule has 154 valence electrons. The number of halogens is 1. The molecule has 0 radical (unpaired) electrons. The van der Waals surface area contributed by atoms with Gasteiger partial charge in [0.2, 0.25) is 5.95 Å². The minimum absolute atomic E-state index is 0.172. The molecular formula is C18H21ClN6O4. The van der Waals surface area contributed by atoms with Gasteiger partial charge in [-0.15, -0.1) is 0 Å². The molecule has 1 aliphatic rings. The van der Waals surface area contributed by atoms with Gasteiger partial charge in [0.1, 0.15) is 23.8 Å². The standard InChI is InChI=1S/C18H21ClN6O4/c19-10-3-1-2-9(6-10)4-5-21-18-23-15(20)12-16(24-18)25(8-22-12)17-14(28)13(27)11(7-26)29-17/h1-3,6,8,11,13-14,17,26-28H,4-5,7H2,(H3,20,21,23,24)/t11-,13-,14-,17-/m1/s1. The first-order valence-electron chi connectivity index (χ1n) is 9.08. The molecule has 0 spiro atoms. The lowest BCUT2D eigenvalue weighted by atomic mass is 10.1. The molecule has 4 rings (SSSR count). The SMILES string of the molecule is Nc1nc(NCCc2cccc(Cl)c2)nc2c1ncn2[C@@H]1O[C@H](CO)[C@@H](O)[C@H]1O. The number of aliphatic hydroxyl groups excluding tert-OH is 3. The van der Waals surface area contributed by atoms with Crippen molar-refractivity contribution in [2.75, 3.05) is 24.2 Å². The highest BCUT2D eigenvalue weighted by Gasteiger charge is 2.44. The third kappa shape index (κ3) is 3.85. The normalized spacial score (nSPS) is 24.3. The van der Waals surface area contributed by atoms with Crippen LogP contribution >= 0.6 is 11.6 Å². The monoisotopic (exact) mass is 420 g/mol. The lowest BCUT2D eigenvalue weighted by Gasteiger charge is -2.16. The van der Waals surface area contributed by atoms with Gasteiger partial charge < -0.3 is 31.1 Å². The molecule has 2 aromatic heterocycles. The van der Waals surface area contributed by atoms with Crippen LogP contribution in [-0.4, -0.2) is 66.3 Å². The predicted octanol–water partition coefficient (Wildman–Crippen LogP) is 0.328. The summed E-state index contributed by atoms with van der Waals surface area (Å²) in [5, 5.41) is 33.4. The molecule has 1 aliphatic heterocycles. The van der Waals surface area contributed by atoms with Crippen LogP contribution in [-0.2, 0) is 11.2 Å². The zero-order valence-corrected chi connectivity index (χ0v) is 16.1. The second-order valence-electron chi connectivity index (χ2n) is 6.79. The van der Waals surface area contributed by atoms with E-state index in [4.69, 9.17) is 22.1 Å². The number of benzene rings is 1. The topological polar surface area (TPSA) is 152 Å². The Labute approximate surface area is 170 Å². The van der Waals surface area contributed by atoms with Crippen LogP contribution in [0.2, 0.25) is 5.02 Å². The average Bonchev–Trinajstić information content (AvgIpc) is 3.24. The zero-order chi connectivity index (χ0) is 20.5. The van der Waals surface area contributed by atoms with Crippen LogP contribution in [0.5, 0.6) is 0 Å². The Morgan fingerprint density at radius 3 is 2.79 bits per heavy atom. The fourth-order valence-electron chi connectivity index (χ4n) is 3.32. The van der Waals surface area contributed by atoms with E-state index in [-0.39, 0.29) is 5.82 Å².